The first-order chi connectivity index (χ1) is 10.00. The van der Waals surface area contributed by atoms with Gasteiger partial charge >= 0.3 is 0 Å². The van der Waals surface area contributed by atoms with Gasteiger partial charge in [-0.1, -0.05) is 13.8 Å². The van der Waals surface area contributed by atoms with E-state index in [1.54, 1.807) is 6.07 Å². The van der Waals surface area contributed by atoms with Crippen molar-refractivity contribution in [2.45, 2.75) is 32.2 Å². The number of carbonyl (C=O) groups excluding carboxylic acids is 1. The second-order valence-corrected chi connectivity index (χ2v) is 4.82. The summed E-state index contributed by atoms with van der Waals surface area (Å²) in [7, 11) is 0. The van der Waals surface area contributed by atoms with Crippen LogP contribution in [0.3, 0.4) is 0 Å². The molecule has 21 heavy (non-hydrogen) atoms. The summed E-state index contributed by atoms with van der Waals surface area (Å²) in [4.78, 5) is 15.9. The number of aromatic nitrogens is 3. The average molecular weight is 291 g/mol. The summed E-state index contributed by atoms with van der Waals surface area (Å²) in [6, 6.07) is 4.36. The predicted molar refractivity (Wildman–Crippen MR) is 77.4 cm³/mol. The summed E-state index contributed by atoms with van der Waals surface area (Å²) in [5.74, 6) is -0.825. The van der Waals surface area contributed by atoms with Crippen molar-refractivity contribution in [3.63, 3.8) is 0 Å². The van der Waals surface area contributed by atoms with Crippen LogP contribution in [0.5, 0.6) is 0 Å². The molecule has 0 atom stereocenters. The molecule has 0 fully saturated rings. The zero-order valence-corrected chi connectivity index (χ0v) is 12.0. The highest BCUT2D eigenvalue weighted by Gasteiger charge is 2.29. The van der Waals surface area contributed by atoms with E-state index in [2.05, 4.69) is 15.4 Å². The zero-order chi connectivity index (χ0) is 15.5. The first kappa shape index (κ1) is 15.1. The SMILES string of the molecule is CCC(N)(CC)C(=O)Nc1ccc(-n2cncn2)c(F)c1. The minimum atomic E-state index is -0.943. The third kappa shape index (κ3) is 3.08. The number of benzene rings is 1. The van der Waals surface area contributed by atoms with Crippen molar-refractivity contribution >= 4 is 11.6 Å². The smallest absolute Gasteiger partial charge is 0.244 e. The molecule has 7 heteroatoms. The molecule has 112 valence electrons. The molecule has 0 unspecified atom stereocenters. The summed E-state index contributed by atoms with van der Waals surface area (Å²) in [6.07, 6.45) is 3.74. The van der Waals surface area contributed by atoms with Crippen molar-refractivity contribution in [3.05, 3.63) is 36.7 Å². The molecule has 1 amide bonds. The normalized spacial score (nSPS) is 11.4. The van der Waals surface area contributed by atoms with Crippen LogP contribution in [-0.2, 0) is 4.79 Å². The Kier molecular flexibility index (Phi) is 4.32. The third-order valence-electron chi connectivity index (χ3n) is 3.59. The molecule has 0 aliphatic carbocycles. The lowest BCUT2D eigenvalue weighted by Gasteiger charge is -2.25. The molecule has 0 spiro atoms. The van der Waals surface area contributed by atoms with Crippen molar-refractivity contribution in [2.24, 2.45) is 5.73 Å². The Labute approximate surface area is 122 Å². The number of nitrogens with zero attached hydrogens (tertiary/aromatic N) is 3. The Bertz CT molecular complexity index is 622. The van der Waals surface area contributed by atoms with Gasteiger partial charge in [-0.2, -0.15) is 5.10 Å². The highest BCUT2D eigenvalue weighted by Crippen LogP contribution is 2.20. The number of carbonyl (C=O) groups is 1. The van der Waals surface area contributed by atoms with Gasteiger partial charge in [0.1, 0.15) is 18.3 Å². The van der Waals surface area contributed by atoms with Crippen LogP contribution in [0.15, 0.2) is 30.9 Å². The van der Waals surface area contributed by atoms with E-state index in [0.717, 1.165) is 0 Å². The van der Waals surface area contributed by atoms with Crippen LogP contribution < -0.4 is 11.1 Å². The second kappa shape index (κ2) is 6.01. The highest BCUT2D eigenvalue weighted by atomic mass is 19.1. The number of anilines is 1. The molecule has 1 aromatic heterocycles. The largest absolute Gasteiger partial charge is 0.324 e. The van der Waals surface area contributed by atoms with Crippen LogP contribution in [0.2, 0.25) is 0 Å². The average Bonchev–Trinajstić information content (AvgIpc) is 3.00. The number of hydrogen-bond donors (Lipinski definition) is 2. The molecule has 0 radical (unpaired) electrons. The molecule has 0 bridgehead atoms. The lowest BCUT2D eigenvalue weighted by molar-refractivity contribution is -0.121. The Balaban J connectivity index is 2.20. The minimum absolute atomic E-state index is 0.260. The molecule has 3 N–H and O–H groups in total. The van der Waals surface area contributed by atoms with E-state index in [4.69, 9.17) is 5.73 Å². The van der Waals surface area contributed by atoms with Gasteiger partial charge < -0.3 is 11.1 Å². The molecule has 6 nitrogen and oxygen atoms in total. The lowest BCUT2D eigenvalue weighted by atomic mass is 9.93. The summed E-state index contributed by atoms with van der Waals surface area (Å²) in [6.45, 7) is 3.69. The molecule has 1 aromatic carbocycles. The first-order valence-corrected chi connectivity index (χ1v) is 6.75. The standard InChI is InChI=1S/C14H18FN5O/c1-3-14(16,4-2)13(21)19-10-5-6-12(11(15)7-10)20-9-17-8-18-20/h5-9H,3-4,16H2,1-2H3,(H,19,21). The van der Waals surface area contributed by atoms with Crippen LogP contribution in [0, 0.1) is 5.82 Å². The second-order valence-electron chi connectivity index (χ2n) is 4.82. The van der Waals surface area contributed by atoms with Crippen molar-refractivity contribution < 1.29 is 9.18 Å². The molecule has 0 saturated carbocycles. The van der Waals surface area contributed by atoms with Crippen molar-refractivity contribution in [3.8, 4) is 5.69 Å². The first-order valence-electron chi connectivity index (χ1n) is 6.75. The summed E-state index contributed by atoms with van der Waals surface area (Å²) in [5.41, 5.74) is 5.68. The Hall–Kier alpha value is -2.28. The van der Waals surface area contributed by atoms with Gasteiger partial charge in [-0.25, -0.2) is 14.1 Å². The van der Waals surface area contributed by atoms with E-state index in [1.165, 1.54) is 29.5 Å². The molecule has 0 aliphatic rings. The maximum Gasteiger partial charge on any atom is 0.244 e. The van der Waals surface area contributed by atoms with Gasteiger partial charge in [0.05, 0.1) is 5.54 Å². The quantitative estimate of drug-likeness (QED) is 0.880. The minimum Gasteiger partial charge on any atom is -0.324 e. The zero-order valence-electron chi connectivity index (χ0n) is 12.0. The molecule has 2 rings (SSSR count). The predicted octanol–water partition coefficient (Wildman–Crippen LogP) is 1.86. The fourth-order valence-corrected chi connectivity index (χ4v) is 1.93. The maximum atomic E-state index is 14.1. The van der Waals surface area contributed by atoms with E-state index in [-0.39, 0.29) is 11.6 Å². The topological polar surface area (TPSA) is 85.8 Å². The van der Waals surface area contributed by atoms with Gasteiger partial charge in [-0.15, -0.1) is 0 Å². The van der Waals surface area contributed by atoms with Crippen LogP contribution in [0.4, 0.5) is 10.1 Å². The monoisotopic (exact) mass is 291 g/mol. The van der Waals surface area contributed by atoms with Gasteiger partial charge in [-0.3, -0.25) is 4.79 Å². The van der Waals surface area contributed by atoms with Crippen molar-refractivity contribution in [1.29, 1.82) is 0 Å². The van der Waals surface area contributed by atoms with E-state index in [1.807, 2.05) is 13.8 Å². The lowest BCUT2D eigenvalue weighted by Crippen LogP contribution is -2.50. The van der Waals surface area contributed by atoms with Crippen LogP contribution in [-0.4, -0.2) is 26.2 Å². The van der Waals surface area contributed by atoms with Crippen molar-refractivity contribution in [2.75, 3.05) is 5.32 Å². The molecule has 0 saturated heterocycles. The van der Waals surface area contributed by atoms with Crippen LogP contribution in [0.1, 0.15) is 26.7 Å². The van der Waals surface area contributed by atoms with Gasteiger partial charge in [0, 0.05) is 5.69 Å². The van der Waals surface area contributed by atoms with E-state index >= 15 is 0 Å². The Morgan fingerprint density at radius 3 is 2.67 bits per heavy atom. The van der Waals surface area contributed by atoms with E-state index in [0.29, 0.717) is 18.5 Å². The Morgan fingerprint density at radius 1 is 1.43 bits per heavy atom. The summed E-state index contributed by atoms with van der Waals surface area (Å²) >= 11 is 0. The van der Waals surface area contributed by atoms with Gasteiger partial charge in [-0.05, 0) is 31.0 Å². The van der Waals surface area contributed by atoms with Gasteiger partial charge in [0.25, 0.3) is 0 Å². The fraction of sp³-hybridized carbons (Fsp3) is 0.357. The molecule has 0 aliphatic heterocycles. The number of rotatable bonds is 5. The molecule has 2 aromatic rings. The fourth-order valence-electron chi connectivity index (χ4n) is 1.93. The molecular formula is C14H18FN5O. The van der Waals surface area contributed by atoms with E-state index < -0.39 is 11.4 Å². The number of hydrogen-bond acceptors (Lipinski definition) is 4. The Morgan fingerprint density at radius 2 is 2.14 bits per heavy atom. The van der Waals surface area contributed by atoms with Gasteiger partial charge in [0.15, 0.2) is 5.82 Å². The van der Waals surface area contributed by atoms with E-state index in [9.17, 15) is 9.18 Å². The molecular weight excluding hydrogens is 273 g/mol. The maximum absolute atomic E-state index is 14.1. The number of nitrogens with one attached hydrogen (secondary N) is 1. The van der Waals surface area contributed by atoms with Crippen molar-refractivity contribution in [1.82, 2.24) is 14.8 Å². The number of halogens is 1. The van der Waals surface area contributed by atoms with Gasteiger partial charge in [0.2, 0.25) is 5.91 Å². The number of amides is 1. The number of nitrogens with two attached hydrogens (primary N) is 1. The summed E-state index contributed by atoms with van der Waals surface area (Å²) < 4.78 is 15.4. The summed E-state index contributed by atoms with van der Waals surface area (Å²) in [5, 5.41) is 6.51. The van der Waals surface area contributed by atoms with Crippen LogP contribution in [0.25, 0.3) is 5.69 Å². The van der Waals surface area contributed by atoms with Crippen LogP contribution >= 0.6 is 0 Å². The third-order valence-corrected chi connectivity index (χ3v) is 3.59. The highest BCUT2D eigenvalue weighted by molar-refractivity contribution is 5.97. The molecule has 1 heterocycles.